The van der Waals surface area contributed by atoms with E-state index in [1.54, 1.807) is 7.05 Å². The number of likely N-dealkylation sites (N-methyl/N-ethyl adjacent to an activating group) is 1. The highest BCUT2D eigenvalue weighted by Crippen LogP contribution is 2.40. The lowest BCUT2D eigenvalue weighted by Crippen LogP contribution is -2.57. The second kappa shape index (κ2) is 4.94. The standard InChI is InChI=1S/C11H21NO3/c1-8(2)15-7-11(12-3,9-5-6-9)10(13)14-4/h8-9,12H,5-7H2,1-4H3. The predicted octanol–water partition coefficient (Wildman–Crippen LogP) is 0.953. The molecule has 1 saturated carbocycles. The van der Waals surface area contributed by atoms with E-state index in [2.05, 4.69) is 5.32 Å². The fourth-order valence-electron chi connectivity index (χ4n) is 1.78. The predicted molar refractivity (Wildman–Crippen MR) is 57.6 cm³/mol. The molecule has 1 atom stereocenters. The van der Waals surface area contributed by atoms with E-state index in [0.29, 0.717) is 12.5 Å². The number of methoxy groups -OCH3 is 1. The van der Waals surface area contributed by atoms with E-state index in [4.69, 9.17) is 9.47 Å². The molecule has 88 valence electrons. The molecule has 1 unspecified atom stereocenters. The van der Waals surface area contributed by atoms with Crippen LogP contribution >= 0.6 is 0 Å². The third-order valence-corrected chi connectivity index (χ3v) is 2.91. The molecule has 0 bridgehead atoms. The molecular weight excluding hydrogens is 194 g/mol. The molecule has 0 aliphatic heterocycles. The summed E-state index contributed by atoms with van der Waals surface area (Å²) in [6.45, 7) is 4.31. The lowest BCUT2D eigenvalue weighted by molar-refractivity contribution is -0.153. The minimum absolute atomic E-state index is 0.126. The summed E-state index contributed by atoms with van der Waals surface area (Å²) in [6, 6.07) is 0. The van der Waals surface area contributed by atoms with Crippen LogP contribution in [0.5, 0.6) is 0 Å². The first-order valence-corrected chi connectivity index (χ1v) is 5.45. The molecule has 0 aromatic carbocycles. The van der Waals surface area contributed by atoms with Crippen LogP contribution in [0.4, 0.5) is 0 Å². The van der Waals surface area contributed by atoms with E-state index >= 15 is 0 Å². The molecule has 0 aromatic heterocycles. The van der Waals surface area contributed by atoms with Crippen molar-refractivity contribution in [3.05, 3.63) is 0 Å². The minimum atomic E-state index is -0.640. The summed E-state index contributed by atoms with van der Waals surface area (Å²) in [5.41, 5.74) is -0.640. The van der Waals surface area contributed by atoms with Crippen LogP contribution in [0.3, 0.4) is 0 Å². The summed E-state index contributed by atoms with van der Waals surface area (Å²) < 4.78 is 10.4. The molecule has 4 heteroatoms. The van der Waals surface area contributed by atoms with Crippen molar-refractivity contribution in [1.29, 1.82) is 0 Å². The summed E-state index contributed by atoms with van der Waals surface area (Å²) in [4.78, 5) is 11.8. The van der Waals surface area contributed by atoms with Gasteiger partial charge in [0.15, 0.2) is 0 Å². The van der Waals surface area contributed by atoms with Crippen LogP contribution in [0, 0.1) is 5.92 Å². The van der Waals surface area contributed by atoms with Gasteiger partial charge in [0.2, 0.25) is 0 Å². The topological polar surface area (TPSA) is 47.6 Å². The van der Waals surface area contributed by atoms with Crippen LogP contribution in [0.1, 0.15) is 26.7 Å². The van der Waals surface area contributed by atoms with Crippen molar-refractivity contribution in [2.45, 2.75) is 38.3 Å². The Balaban J connectivity index is 2.69. The van der Waals surface area contributed by atoms with Crippen molar-refractivity contribution in [3.8, 4) is 0 Å². The molecule has 0 radical (unpaired) electrons. The largest absolute Gasteiger partial charge is 0.468 e. The van der Waals surface area contributed by atoms with Crippen molar-refractivity contribution in [2.24, 2.45) is 5.92 Å². The second-order valence-electron chi connectivity index (χ2n) is 4.35. The average Bonchev–Trinajstić information content (AvgIpc) is 3.03. The Labute approximate surface area is 91.3 Å². The van der Waals surface area contributed by atoms with Gasteiger partial charge in [0, 0.05) is 0 Å². The van der Waals surface area contributed by atoms with Crippen molar-refractivity contribution >= 4 is 5.97 Å². The molecule has 1 aliphatic carbocycles. The molecule has 0 heterocycles. The molecule has 1 aliphatic rings. The smallest absolute Gasteiger partial charge is 0.328 e. The summed E-state index contributed by atoms with van der Waals surface area (Å²) in [7, 11) is 3.21. The fraction of sp³-hybridized carbons (Fsp3) is 0.909. The van der Waals surface area contributed by atoms with Crippen LogP contribution in [0.2, 0.25) is 0 Å². The summed E-state index contributed by atoms with van der Waals surface area (Å²) in [6.07, 6.45) is 2.26. The quantitative estimate of drug-likeness (QED) is 0.670. The van der Waals surface area contributed by atoms with E-state index < -0.39 is 5.54 Å². The Morgan fingerprint density at radius 3 is 2.47 bits per heavy atom. The number of hydrogen-bond acceptors (Lipinski definition) is 4. The number of esters is 1. The maximum atomic E-state index is 11.8. The Morgan fingerprint density at radius 2 is 2.13 bits per heavy atom. The first-order valence-electron chi connectivity index (χ1n) is 5.45. The third kappa shape index (κ3) is 2.69. The molecule has 0 amide bonds. The zero-order chi connectivity index (χ0) is 11.5. The van der Waals surface area contributed by atoms with Crippen molar-refractivity contribution in [2.75, 3.05) is 20.8 Å². The van der Waals surface area contributed by atoms with Crippen LogP contribution in [0.15, 0.2) is 0 Å². The number of carbonyl (C=O) groups is 1. The molecule has 0 saturated heterocycles. The van der Waals surface area contributed by atoms with Crippen molar-refractivity contribution in [1.82, 2.24) is 5.32 Å². The Morgan fingerprint density at radius 1 is 1.53 bits per heavy atom. The van der Waals surface area contributed by atoms with Crippen molar-refractivity contribution in [3.63, 3.8) is 0 Å². The fourth-order valence-corrected chi connectivity index (χ4v) is 1.78. The number of ether oxygens (including phenoxy) is 2. The molecule has 1 N–H and O–H groups in total. The molecule has 0 spiro atoms. The first-order chi connectivity index (χ1) is 7.06. The second-order valence-corrected chi connectivity index (χ2v) is 4.35. The Kier molecular flexibility index (Phi) is 4.11. The highest BCUT2D eigenvalue weighted by Gasteiger charge is 2.51. The van der Waals surface area contributed by atoms with Gasteiger partial charge in [-0.15, -0.1) is 0 Å². The van der Waals surface area contributed by atoms with Crippen LogP contribution < -0.4 is 5.32 Å². The number of nitrogens with one attached hydrogen (secondary N) is 1. The molecule has 1 rings (SSSR count). The maximum Gasteiger partial charge on any atom is 0.328 e. The highest BCUT2D eigenvalue weighted by molar-refractivity contribution is 5.82. The Hall–Kier alpha value is -0.610. The number of carbonyl (C=O) groups excluding carboxylic acids is 1. The summed E-state index contributed by atoms with van der Waals surface area (Å²) in [5, 5.41) is 3.08. The van der Waals surface area contributed by atoms with Gasteiger partial charge in [0.1, 0.15) is 5.54 Å². The minimum Gasteiger partial charge on any atom is -0.468 e. The van der Waals surface area contributed by atoms with Gasteiger partial charge in [-0.2, -0.15) is 0 Å². The van der Waals surface area contributed by atoms with E-state index in [9.17, 15) is 4.79 Å². The van der Waals surface area contributed by atoms with Gasteiger partial charge in [-0.1, -0.05) is 0 Å². The van der Waals surface area contributed by atoms with Gasteiger partial charge in [-0.25, -0.2) is 4.79 Å². The Bertz CT molecular complexity index is 226. The lowest BCUT2D eigenvalue weighted by atomic mass is 9.94. The monoisotopic (exact) mass is 215 g/mol. The number of rotatable bonds is 6. The molecule has 4 nitrogen and oxygen atoms in total. The van der Waals surface area contributed by atoms with Crippen molar-refractivity contribution < 1.29 is 14.3 Å². The van der Waals surface area contributed by atoms with Gasteiger partial charge >= 0.3 is 5.97 Å². The normalized spacial score (nSPS) is 20.1. The highest BCUT2D eigenvalue weighted by atomic mass is 16.5. The lowest BCUT2D eigenvalue weighted by Gasteiger charge is -2.31. The van der Waals surface area contributed by atoms with E-state index in [1.807, 2.05) is 13.8 Å². The molecule has 1 fully saturated rings. The molecule has 15 heavy (non-hydrogen) atoms. The average molecular weight is 215 g/mol. The summed E-state index contributed by atoms with van der Waals surface area (Å²) >= 11 is 0. The maximum absolute atomic E-state index is 11.8. The van der Waals surface area contributed by atoms with Gasteiger partial charge in [0.25, 0.3) is 0 Å². The zero-order valence-corrected chi connectivity index (χ0v) is 10.0. The number of hydrogen-bond donors (Lipinski definition) is 1. The molecule has 0 aromatic rings. The van der Waals surface area contributed by atoms with E-state index in [1.165, 1.54) is 7.11 Å². The van der Waals surface area contributed by atoms with Gasteiger partial charge in [0.05, 0.1) is 19.8 Å². The third-order valence-electron chi connectivity index (χ3n) is 2.91. The van der Waals surface area contributed by atoms with Gasteiger partial charge in [-0.05, 0) is 39.7 Å². The SMILES string of the molecule is CNC(COC(C)C)(C(=O)OC)C1CC1. The summed E-state index contributed by atoms with van der Waals surface area (Å²) in [5.74, 6) is 0.141. The zero-order valence-electron chi connectivity index (χ0n) is 10.0. The van der Waals surface area contributed by atoms with Gasteiger partial charge in [-0.3, -0.25) is 0 Å². The first kappa shape index (κ1) is 12.5. The van der Waals surface area contributed by atoms with E-state index in [-0.39, 0.29) is 12.1 Å². The van der Waals surface area contributed by atoms with Crippen LogP contribution in [-0.4, -0.2) is 38.4 Å². The van der Waals surface area contributed by atoms with E-state index in [0.717, 1.165) is 12.8 Å². The van der Waals surface area contributed by atoms with Gasteiger partial charge < -0.3 is 14.8 Å². The van der Waals surface area contributed by atoms with Crippen LogP contribution in [0.25, 0.3) is 0 Å². The molecular formula is C11H21NO3. The van der Waals surface area contributed by atoms with Crippen LogP contribution in [-0.2, 0) is 14.3 Å².